The van der Waals surface area contributed by atoms with E-state index in [4.69, 9.17) is 10.2 Å². The van der Waals surface area contributed by atoms with E-state index in [2.05, 4.69) is 0 Å². The Hall–Kier alpha value is -3.48. The van der Waals surface area contributed by atoms with Gasteiger partial charge in [0.15, 0.2) is 0 Å². The van der Waals surface area contributed by atoms with Gasteiger partial charge in [0, 0.05) is 5.92 Å². The number of rotatable bonds is 8. The Morgan fingerprint density at radius 3 is 1.21 bits per heavy atom. The number of aliphatic hydroxyl groups is 2. The Morgan fingerprint density at radius 2 is 0.941 bits per heavy atom. The van der Waals surface area contributed by atoms with E-state index in [1.165, 1.54) is 5.56 Å². The van der Waals surface area contributed by atoms with Crippen LogP contribution in [0.25, 0.3) is 0 Å². The summed E-state index contributed by atoms with van der Waals surface area (Å²) in [6.07, 6.45) is 1.28. The van der Waals surface area contributed by atoms with Crippen molar-refractivity contribution in [1.82, 2.24) is 0 Å². The molecule has 0 fully saturated rings. The molecule has 2 unspecified atom stereocenters. The highest BCUT2D eigenvalue weighted by atomic mass is 16.4. The van der Waals surface area contributed by atoms with E-state index in [-0.39, 0.29) is 5.92 Å². The van der Waals surface area contributed by atoms with Crippen molar-refractivity contribution in [2.24, 2.45) is 5.92 Å². The third kappa shape index (κ3) is 10.9. The van der Waals surface area contributed by atoms with E-state index in [1.807, 2.05) is 44.2 Å². The predicted octanol–water partition coefficient (Wildman–Crippen LogP) is 5.16. The zero-order valence-corrected chi connectivity index (χ0v) is 19.6. The molecule has 3 aromatic carbocycles. The van der Waals surface area contributed by atoms with Crippen LogP contribution in [-0.4, -0.2) is 44.6 Å². The molecular weight excluding hydrogens is 432 g/mol. The Balaban J connectivity index is 0.000000274. The Kier molecular flexibility index (Phi) is 13.6. The number of carbonyl (C=O) groups is 2. The third-order valence-electron chi connectivity index (χ3n) is 5.18. The Labute approximate surface area is 201 Å². The topological polar surface area (TPSA) is 115 Å². The molecule has 0 bridgehead atoms. The van der Waals surface area contributed by atoms with Crippen molar-refractivity contribution >= 4 is 11.9 Å². The maximum Gasteiger partial charge on any atom is 0.335 e. The summed E-state index contributed by atoms with van der Waals surface area (Å²) >= 11 is 0. The lowest BCUT2D eigenvalue weighted by Gasteiger charge is -2.26. The number of hydrogen-bond donors (Lipinski definition) is 4. The molecule has 6 heteroatoms. The molecule has 0 amide bonds. The first-order valence-corrected chi connectivity index (χ1v) is 11.3. The Morgan fingerprint density at radius 1 is 0.618 bits per heavy atom. The van der Waals surface area contributed by atoms with Crippen LogP contribution < -0.4 is 0 Å². The molecule has 0 aliphatic carbocycles. The number of aliphatic hydroxyl groups excluding tert-OH is 2. The quantitative estimate of drug-likeness (QED) is 0.365. The van der Waals surface area contributed by atoms with Gasteiger partial charge in [0.2, 0.25) is 0 Å². The van der Waals surface area contributed by atoms with Gasteiger partial charge >= 0.3 is 11.9 Å². The van der Waals surface area contributed by atoms with Gasteiger partial charge < -0.3 is 20.4 Å². The third-order valence-corrected chi connectivity index (χ3v) is 5.18. The lowest BCUT2D eigenvalue weighted by Crippen LogP contribution is -2.32. The molecule has 0 saturated carbocycles. The van der Waals surface area contributed by atoms with Gasteiger partial charge in [-0.15, -0.1) is 0 Å². The molecule has 34 heavy (non-hydrogen) atoms. The van der Waals surface area contributed by atoms with E-state index < -0.39 is 24.1 Å². The lowest BCUT2D eigenvalue weighted by molar-refractivity contribution is 0.00913. The van der Waals surface area contributed by atoms with E-state index in [0.29, 0.717) is 24.0 Å². The van der Waals surface area contributed by atoms with E-state index in [9.17, 15) is 19.8 Å². The van der Waals surface area contributed by atoms with Crippen LogP contribution in [0.5, 0.6) is 0 Å². The van der Waals surface area contributed by atoms with Crippen LogP contribution in [0.1, 0.15) is 53.0 Å². The summed E-state index contributed by atoms with van der Waals surface area (Å²) in [5.41, 5.74) is 1.84. The second kappa shape index (κ2) is 16.2. The molecule has 6 nitrogen and oxygen atoms in total. The van der Waals surface area contributed by atoms with Crippen molar-refractivity contribution in [3.05, 3.63) is 108 Å². The molecule has 3 rings (SSSR count). The van der Waals surface area contributed by atoms with Gasteiger partial charge in [-0.25, -0.2) is 9.59 Å². The van der Waals surface area contributed by atoms with Crippen LogP contribution in [0.3, 0.4) is 0 Å². The average molecular weight is 467 g/mol. The second-order valence-electron chi connectivity index (χ2n) is 7.65. The summed E-state index contributed by atoms with van der Waals surface area (Å²) in [5, 5.41) is 36.6. The number of aromatic carboxylic acids is 2. The summed E-state index contributed by atoms with van der Waals surface area (Å²) in [6, 6.07) is 26.6. The molecule has 0 saturated heterocycles. The van der Waals surface area contributed by atoms with Crippen LogP contribution in [-0.2, 0) is 6.42 Å². The molecule has 0 aromatic heterocycles. The van der Waals surface area contributed by atoms with Gasteiger partial charge in [0.05, 0.1) is 23.3 Å². The highest BCUT2D eigenvalue weighted by Gasteiger charge is 2.24. The molecule has 0 aliphatic heterocycles. The zero-order chi connectivity index (χ0) is 25.3. The molecule has 2 atom stereocenters. The highest BCUT2D eigenvalue weighted by molar-refractivity contribution is 5.87. The first-order chi connectivity index (χ1) is 16.3. The van der Waals surface area contributed by atoms with Gasteiger partial charge in [0.1, 0.15) is 0 Å². The van der Waals surface area contributed by atoms with Crippen molar-refractivity contribution < 1.29 is 30.0 Å². The fourth-order valence-corrected chi connectivity index (χ4v) is 3.18. The summed E-state index contributed by atoms with van der Waals surface area (Å²) in [6.45, 7) is 3.90. The molecule has 0 radical (unpaired) electrons. The number of carboxylic acids is 2. The molecule has 0 aliphatic rings. The van der Waals surface area contributed by atoms with E-state index >= 15 is 0 Å². The van der Waals surface area contributed by atoms with Gasteiger partial charge in [-0.3, -0.25) is 0 Å². The minimum absolute atomic E-state index is 0.0580. The minimum atomic E-state index is -0.879. The summed E-state index contributed by atoms with van der Waals surface area (Å²) in [7, 11) is 0. The van der Waals surface area contributed by atoms with Crippen LogP contribution in [0.15, 0.2) is 91.0 Å². The fourth-order valence-electron chi connectivity index (χ4n) is 3.18. The van der Waals surface area contributed by atoms with Crippen molar-refractivity contribution in [1.29, 1.82) is 0 Å². The van der Waals surface area contributed by atoms with Gasteiger partial charge in [-0.2, -0.15) is 0 Å². The van der Waals surface area contributed by atoms with E-state index in [1.54, 1.807) is 60.7 Å². The number of carboxylic acid groups (broad SMARTS) is 2. The van der Waals surface area contributed by atoms with Gasteiger partial charge in [0.25, 0.3) is 0 Å². The molecule has 0 heterocycles. The molecular formula is C28H34O6. The maximum atomic E-state index is 10.2. The summed E-state index contributed by atoms with van der Waals surface area (Å²) in [4.78, 5) is 20.4. The smallest absolute Gasteiger partial charge is 0.335 e. The first-order valence-electron chi connectivity index (χ1n) is 11.3. The number of hydrogen-bond acceptors (Lipinski definition) is 4. The predicted molar refractivity (Wildman–Crippen MR) is 133 cm³/mol. The lowest BCUT2D eigenvalue weighted by atomic mass is 9.87. The standard InChI is InChI=1S/C14H22O2.2C7H6O2/c1-3-13(15)12(14(16)4-2)10-11-8-6-5-7-9-11;2*8-7(9)6-4-2-1-3-5-6/h5-9,12-16H,3-4,10H2,1-2H3;2*1-5H,(H,8,9). The maximum absolute atomic E-state index is 10.2. The fraction of sp³-hybridized carbons (Fsp3) is 0.286. The largest absolute Gasteiger partial charge is 0.478 e. The number of benzene rings is 3. The van der Waals surface area contributed by atoms with Crippen molar-refractivity contribution in [3.63, 3.8) is 0 Å². The van der Waals surface area contributed by atoms with E-state index in [0.717, 1.165) is 6.42 Å². The van der Waals surface area contributed by atoms with Crippen molar-refractivity contribution in [2.45, 2.75) is 45.3 Å². The monoisotopic (exact) mass is 466 g/mol. The van der Waals surface area contributed by atoms with Crippen molar-refractivity contribution in [2.75, 3.05) is 0 Å². The minimum Gasteiger partial charge on any atom is -0.478 e. The van der Waals surface area contributed by atoms with Crippen molar-refractivity contribution in [3.8, 4) is 0 Å². The zero-order valence-electron chi connectivity index (χ0n) is 19.6. The molecule has 0 spiro atoms. The molecule has 182 valence electrons. The average Bonchev–Trinajstić information content (AvgIpc) is 2.88. The van der Waals surface area contributed by atoms with Crippen LogP contribution >= 0.6 is 0 Å². The normalized spacial score (nSPS) is 12.6. The van der Waals surface area contributed by atoms with Crippen LogP contribution in [0.2, 0.25) is 0 Å². The van der Waals surface area contributed by atoms with Gasteiger partial charge in [-0.1, -0.05) is 80.6 Å². The summed E-state index contributed by atoms with van der Waals surface area (Å²) in [5.74, 6) is -1.82. The molecule has 3 aromatic rings. The summed E-state index contributed by atoms with van der Waals surface area (Å²) < 4.78 is 0. The second-order valence-corrected chi connectivity index (χ2v) is 7.65. The van der Waals surface area contributed by atoms with Crippen LogP contribution in [0.4, 0.5) is 0 Å². The highest BCUT2D eigenvalue weighted by Crippen LogP contribution is 2.20. The SMILES string of the molecule is CCC(O)C(Cc1ccccc1)C(O)CC.O=C(O)c1ccccc1.O=C(O)c1ccccc1. The Bertz CT molecular complexity index is 885. The molecule has 4 N–H and O–H groups in total. The van der Waals surface area contributed by atoms with Gasteiger partial charge in [-0.05, 0) is 49.1 Å². The first kappa shape index (κ1) is 28.6. The van der Waals surface area contributed by atoms with Crippen LogP contribution in [0, 0.1) is 5.92 Å².